The lowest BCUT2D eigenvalue weighted by molar-refractivity contribution is 0.104. The number of phenols is 5. The molecular weight excluding hydrogens is 276 g/mol. The van der Waals surface area contributed by atoms with Crippen LogP contribution in [-0.2, 0) is 0 Å². The summed E-state index contributed by atoms with van der Waals surface area (Å²) in [5.74, 6) is -2.82. The van der Waals surface area contributed by atoms with E-state index in [1.54, 1.807) is 0 Å². The highest BCUT2D eigenvalue weighted by molar-refractivity contribution is 6.08. The molecule has 5 N–H and O–H groups in total. The van der Waals surface area contributed by atoms with Crippen LogP contribution in [0.15, 0.2) is 36.4 Å². The fourth-order valence-corrected chi connectivity index (χ4v) is 1.70. The van der Waals surface area contributed by atoms with Crippen molar-refractivity contribution in [1.82, 2.24) is 0 Å². The fourth-order valence-electron chi connectivity index (χ4n) is 1.70. The number of carbonyl (C=O) groups excluding carboxylic acids is 1. The molecule has 0 bridgehead atoms. The van der Waals surface area contributed by atoms with Crippen molar-refractivity contribution in [3.05, 3.63) is 47.5 Å². The quantitative estimate of drug-likeness (QED) is 0.335. The summed E-state index contributed by atoms with van der Waals surface area (Å²) < 4.78 is 0. The minimum atomic E-state index is -0.683. The molecular formula is C15H12O6. The van der Waals surface area contributed by atoms with Gasteiger partial charge in [-0.05, 0) is 36.4 Å². The number of benzene rings is 2. The van der Waals surface area contributed by atoms with Gasteiger partial charge in [0.15, 0.2) is 17.3 Å². The summed E-state index contributed by atoms with van der Waals surface area (Å²) in [4.78, 5) is 11.9. The molecule has 2 aromatic rings. The number of allylic oxidation sites excluding steroid dienone is 1. The van der Waals surface area contributed by atoms with E-state index in [4.69, 9.17) is 5.11 Å². The minimum absolute atomic E-state index is 0.0217. The van der Waals surface area contributed by atoms with Gasteiger partial charge in [0.2, 0.25) is 5.75 Å². The molecule has 108 valence electrons. The predicted octanol–water partition coefficient (Wildman–Crippen LogP) is 2.11. The largest absolute Gasteiger partial charge is 0.508 e. The Morgan fingerprint density at radius 2 is 1.57 bits per heavy atom. The Balaban J connectivity index is 2.29. The first kappa shape index (κ1) is 14.3. The van der Waals surface area contributed by atoms with E-state index in [0.717, 1.165) is 18.2 Å². The molecule has 0 fully saturated rings. The van der Waals surface area contributed by atoms with E-state index < -0.39 is 23.0 Å². The first-order chi connectivity index (χ1) is 9.90. The van der Waals surface area contributed by atoms with E-state index >= 15 is 0 Å². The highest BCUT2D eigenvalue weighted by atomic mass is 16.3. The third-order valence-electron chi connectivity index (χ3n) is 2.82. The maximum Gasteiger partial charge on any atom is 0.200 e. The Kier molecular flexibility index (Phi) is 3.71. The number of aromatic hydroxyl groups is 5. The van der Waals surface area contributed by atoms with Gasteiger partial charge >= 0.3 is 0 Å². The van der Waals surface area contributed by atoms with Crippen molar-refractivity contribution in [3.8, 4) is 28.7 Å². The predicted molar refractivity (Wildman–Crippen MR) is 74.6 cm³/mol. The van der Waals surface area contributed by atoms with Crippen LogP contribution in [0, 0.1) is 0 Å². The van der Waals surface area contributed by atoms with E-state index in [1.807, 2.05) is 0 Å². The molecule has 0 spiro atoms. The first-order valence-corrected chi connectivity index (χ1v) is 5.88. The van der Waals surface area contributed by atoms with E-state index in [-0.39, 0.29) is 22.6 Å². The number of phenolic OH excluding ortho intramolecular Hbond substituents is 5. The summed E-state index contributed by atoms with van der Waals surface area (Å²) in [6, 6.07) is 6.02. The van der Waals surface area contributed by atoms with Crippen LogP contribution in [0.2, 0.25) is 0 Å². The molecule has 0 aliphatic carbocycles. The van der Waals surface area contributed by atoms with Crippen LogP contribution >= 0.6 is 0 Å². The molecule has 0 atom stereocenters. The maximum atomic E-state index is 11.9. The Labute approximate surface area is 119 Å². The number of hydrogen-bond donors (Lipinski definition) is 5. The van der Waals surface area contributed by atoms with E-state index in [1.165, 1.54) is 24.3 Å². The lowest BCUT2D eigenvalue weighted by atomic mass is 10.1. The van der Waals surface area contributed by atoms with Gasteiger partial charge < -0.3 is 25.5 Å². The smallest absolute Gasteiger partial charge is 0.200 e. The van der Waals surface area contributed by atoms with Crippen LogP contribution in [0.4, 0.5) is 0 Å². The zero-order valence-corrected chi connectivity index (χ0v) is 10.7. The standard InChI is InChI=1S/C15H12O6/c16-9-3-4-10(13(19)7-9)11(17)5-1-8-2-6-12(18)15(21)14(8)20/h1-7,16,18-21H/b5-1+. The van der Waals surface area contributed by atoms with Crippen molar-refractivity contribution in [2.24, 2.45) is 0 Å². The SMILES string of the molecule is O=C(/C=C/c1ccc(O)c(O)c1O)c1ccc(O)cc1O. The van der Waals surface area contributed by atoms with E-state index in [9.17, 15) is 25.2 Å². The molecule has 2 aromatic carbocycles. The van der Waals surface area contributed by atoms with Gasteiger partial charge in [-0.3, -0.25) is 4.79 Å². The summed E-state index contributed by atoms with van der Waals surface area (Å²) in [6.45, 7) is 0. The number of hydrogen-bond acceptors (Lipinski definition) is 6. The Bertz CT molecular complexity index is 733. The van der Waals surface area contributed by atoms with Gasteiger partial charge in [-0.25, -0.2) is 0 Å². The monoisotopic (exact) mass is 288 g/mol. The first-order valence-electron chi connectivity index (χ1n) is 5.88. The molecule has 0 saturated carbocycles. The molecule has 0 aliphatic heterocycles. The lowest BCUT2D eigenvalue weighted by Crippen LogP contribution is -1.94. The van der Waals surface area contributed by atoms with Crippen LogP contribution in [0.1, 0.15) is 15.9 Å². The fraction of sp³-hybridized carbons (Fsp3) is 0. The van der Waals surface area contributed by atoms with Gasteiger partial charge in [0, 0.05) is 11.6 Å². The number of ketones is 1. The Hall–Kier alpha value is -3.15. The molecule has 0 radical (unpaired) electrons. The number of carbonyl (C=O) groups is 1. The molecule has 6 heteroatoms. The van der Waals surface area contributed by atoms with Crippen LogP contribution in [0.25, 0.3) is 6.08 Å². The topological polar surface area (TPSA) is 118 Å². The van der Waals surface area contributed by atoms with Crippen molar-refractivity contribution in [3.63, 3.8) is 0 Å². The van der Waals surface area contributed by atoms with Gasteiger partial charge in [-0.2, -0.15) is 0 Å². The molecule has 6 nitrogen and oxygen atoms in total. The summed E-state index contributed by atoms with van der Waals surface area (Å²) >= 11 is 0. The third kappa shape index (κ3) is 2.89. The molecule has 21 heavy (non-hydrogen) atoms. The molecule has 0 unspecified atom stereocenters. The molecule has 0 heterocycles. The molecule has 2 rings (SSSR count). The van der Waals surface area contributed by atoms with Crippen molar-refractivity contribution in [1.29, 1.82) is 0 Å². The van der Waals surface area contributed by atoms with Crippen molar-refractivity contribution < 1.29 is 30.3 Å². The Morgan fingerprint density at radius 3 is 2.24 bits per heavy atom. The summed E-state index contributed by atoms with van der Waals surface area (Å²) in [7, 11) is 0. The maximum absolute atomic E-state index is 11.9. The minimum Gasteiger partial charge on any atom is -0.508 e. The van der Waals surface area contributed by atoms with Gasteiger partial charge in [0.05, 0.1) is 5.56 Å². The highest BCUT2D eigenvalue weighted by Crippen LogP contribution is 2.37. The average molecular weight is 288 g/mol. The van der Waals surface area contributed by atoms with Gasteiger partial charge in [-0.1, -0.05) is 0 Å². The van der Waals surface area contributed by atoms with E-state index in [0.29, 0.717) is 0 Å². The second kappa shape index (κ2) is 5.46. The van der Waals surface area contributed by atoms with Crippen LogP contribution in [0.5, 0.6) is 28.7 Å². The van der Waals surface area contributed by atoms with Gasteiger partial charge in [0.1, 0.15) is 11.5 Å². The lowest BCUT2D eigenvalue weighted by Gasteiger charge is -2.04. The van der Waals surface area contributed by atoms with Crippen molar-refractivity contribution >= 4 is 11.9 Å². The third-order valence-corrected chi connectivity index (χ3v) is 2.82. The van der Waals surface area contributed by atoms with Crippen molar-refractivity contribution in [2.75, 3.05) is 0 Å². The zero-order chi connectivity index (χ0) is 15.6. The van der Waals surface area contributed by atoms with Crippen molar-refractivity contribution in [2.45, 2.75) is 0 Å². The summed E-state index contributed by atoms with van der Waals surface area (Å²) in [5.41, 5.74) is 0.100. The van der Waals surface area contributed by atoms with Gasteiger partial charge in [-0.15, -0.1) is 0 Å². The summed E-state index contributed by atoms with van der Waals surface area (Å²) in [5, 5.41) is 46.8. The van der Waals surface area contributed by atoms with E-state index in [2.05, 4.69) is 0 Å². The summed E-state index contributed by atoms with van der Waals surface area (Å²) in [6.07, 6.45) is 2.31. The van der Waals surface area contributed by atoms with Crippen LogP contribution < -0.4 is 0 Å². The molecule has 0 amide bonds. The molecule has 0 saturated heterocycles. The highest BCUT2D eigenvalue weighted by Gasteiger charge is 2.11. The van der Waals surface area contributed by atoms with Crippen LogP contribution in [0.3, 0.4) is 0 Å². The molecule has 0 aromatic heterocycles. The average Bonchev–Trinajstić information content (AvgIpc) is 2.44. The number of rotatable bonds is 3. The van der Waals surface area contributed by atoms with Gasteiger partial charge in [0.25, 0.3) is 0 Å². The Morgan fingerprint density at radius 1 is 0.857 bits per heavy atom. The second-order valence-electron chi connectivity index (χ2n) is 4.27. The molecule has 0 aliphatic rings. The second-order valence-corrected chi connectivity index (χ2v) is 4.27. The normalized spacial score (nSPS) is 10.9. The zero-order valence-electron chi connectivity index (χ0n) is 10.7. The van der Waals surface area contributed by atoms with Crippen LogP contribution in [-0.4, -0.2) is 31.3 Å².